The van der Waals surface area contributed by atoms with Gasteiger partial charge in [-0.25, -0.2) is 0 Å². The number of hydrogen-bond donors (Lipinski definition) is 0. The molecule has 0 saturated heterocycles. The van der Waals surface area contributed by atoms with Crippen molar-refractivity contribution in [3.63, 3.8) is 0 Å². The van der Waals surface area contributed by atoms with Crippen LogP contribution in [0.25, 0.3) is 0 Å². The van der Waals surface area contributed by atoms with Crippen molar-refractivity contribution in [3.8, 4) is 6.07 Å². The number of hydrogen-bond acceptors (Lipinski definition) is 2. The molecule has 2 nitrogen and oxygen atoms in total. The third-order valence-electron chi connectivity index (χ3n) is 2.73. The molecule has 6 heteroatoms. The minimum absolute atomic E-state index is 0.0973. The Bertz CT molecular complexity index is 489. The van der Waals surface area contributed by atoms with Crippen molar-refractivity contribution in [1.29, 1.82) is 5.26 Å². The maximum atomic E-state index is 12.6. The normalized spacial score (nSPS) is 15.3. The lowest BCUT2D eigenvalue weighted by molar-refractivity contribution is -0.120. The molecule has 1 aliphatic carbocycles. The Morgan fingerprint density at radius 2 is 2.06 bits per heavy atom. The lowest BCUT2D eigenvalue weighted by Crippen LogP contribution is -2.36. The van der Waals surface area contributed by atoms with E-state index in [9.17, 15) is 13.2 Å². The van der Waals surface area contributed by atoms with E-state index < -0.39 is 12.7 Å². The molecule has 0 atom stereocenters. The molecule has 0 amide bonds. The van der Waals surface area contributed by atoms with E-state index >= 15 is 0 Å². The smallest absolute Gasteiger partial charge is 0.358 e. The average molecular weight is 319 g/mol. The fourth-order valence-electron chi connectivity index (χ4n) is 1.84. The molecule has 18 heavy (non-hydrogen) atoms. The van der Waals surface area contributed by atoms with Gasteiger partial charge in [0.05, 0.1) is 11.3 Å². The monoisotopic (exact) mass is 318 g/mol. The number of benzene rings is 1. The van der Waals surface area contributed by atoms with Crippen LogP contribution in [0.3, 0.4) is 0 Å². The van der Waals surface area contributed by atoms with Crippen LogP contribution in [0, 0.1) is 11.3 Å². The molecule has 1 aliphatic rings. The predicted molar refractivity (Wildman–Crippen MR) is 65.3 cm³/mol. The molecule has 0 aliphatic heterocycles. The number of alkyl halides is 3. The zero-order chi connectivity index (χ0) is 13.3. The van der Waals surface area contributed by atoms with E-state index in [-0.39, 0.29) is 11.6 Å². The van der Waals surface area contributed by atoms with E-state index in [1.165, 1.54) is 4.90 Å². The number of nitriles is 1. The summed E-state index contributed by atoms with van der Waals surface area (Å²) in [5, 5.41) is 9.01. The Morgan fingerprint density at radius 3 is 2.56 bits per heavy atom. The predicted octanol–water partition coefficient (Wildman–Crippen LogP) is 3.85. The van der Waals surface area contributed by atoms with E-state index in [4.69, 9.17) is 5.26 Å². The van der Waals surface area contributed by atoms with Crippen LogP contribution < -0.4 is 4.90 Å². The Kier molecular flexibility index (Phi) is 3.53. The van der Waals surface area contributed by atoms with Crippen LogP contribution in [0.15, 0.2) is 22.7 Å². The van der Waals surface area contributed by atoms with Crippen molar-refractivity contribution in [2.24, 2.45) is 0 Å². The molecule has 0 bridgehead atoms. The van der Waals surface area contributed by atoms with Crippen LogP contribution in [0.2, 0.25) is 0 Å². The standard InChI is InChI=1S/C12H10BrF3N2/c13-9-1-4-11(8(5-9)6-17)18(10-2-3-10)7-12(14,15)16/h1,4-5,10H,2-3,7H2. The van der Waals surface area contributed by atoms with Crippen molar-refractivity contribution in [2.75, 3.05) is 11.4 Å². The minimum atomic E-state index is -4.26. The van der Waals surface area contributed by atoms with E-state index in [1.54, 1.807) is 18.2 Å². The maximum absolute atomic E-state index is 12.6. The quantitative estimate of drug-likeness (QED) is 0.846. The van der Waals surface area contributed by atoms with Gasteiger partial charge in [-0.3, -0.25) is 0 Å². The highest BCUT2D eigenvalue weighted by molar-refractivity contribution is 9.10. The molecule has 1 saturated carbocycles. The van der Waals surface area contributed by atoms with Crippen molar-refractivity contribution < 1.29 is 13.2 Å². The van der Waals surface area contributed by atoms with Crippen molar-refractivity contribution in [2.45, 2.75) is 25.1 Å². The van der Waals surface area contributed by atoms with Crippen LogP contribution in [-0.4, -0.2) is 18.8 Å². The van der Waals surface area contributed by atoms with Crippen molar-refractivity contribution in [1.82, 2.24) is 0 Å². The van der Waals surface area contributed by atoms with E-state index in [0.29, 0.717) is 10.2 Å². The lowest BCUT2D eigenvalue weighted by atomic mass is 10.1. The maximum Gasteiger partial charge on any atom is 0.405 e. The summed E-state index contributed by atoms with van der Waals surface area (Å²) < 4.78 is 38.4. The first-order valence-corrected chi connectivity index (χ1v) is 6.23. The topological polar surface area (TPSA) is 27.0 Å². The molecule has 0 N–H and O–H groups in total. The summed E-state index contributed by atoms with van der Waals surface area (Å²) in [7, 11) is 0. The summed E-state index contributed by atoms with van der Waals surface area (Å²) >= 11 is 3.21. The third kappa shape index (κ3) is 3.16. The van der Waals surface area contributed by atoms with Crippen LogP contribution in [0.4, 0.5) is 18.9 Å². The highest BCUT2D eigenvalue weighted by atomic mass is 79.9. The van der Waals surface area contributed by atoms with Gasteiger partial charge in [0.25, 0.3) is 0 Å². The first kappa shape index (κ1) is 13.2. The molecule has 96 valence electrons. The number of anilines is 1. The van der Waals surface area contributed by atoms with Crippen LogP contribution in [0.1, 0.15) is 18.4 Å². The van der Waals surface area contributed by atoms with Gasteiger partial charge in [-0.2, -0.15) is 18.4 Å². The molecular weight excluding hydrogens is 309 g/mol. The Morgan fingerprint density at radius 1 is 1.39 bits per heavy atom. The number of halogens is 4. The molecular formula is C12H10BrF3N2. The second-order valence-corrected chi connectivity index (χ2v) is 5.16. The lowest BCUT2D eigenvalue weighted by Gasteiger charge is -2.26. The largest absolute Gasteiger partial charge is 0.405 e. The van der Waals surface area contributed by atoms with Gasteiger partial charge in [0.1, 0.15) is 12.6 Å². The Labute approximate surface area is 111 Å². The molecule has 0 aromatic heterocycles. The van der Waals surface area contributed by atoms with Gasteiger partial charge < -0.3 is 4.90 Å². The first-order chi connectivity index (χ1) is 8.40. The van der Waals surface area contributed by atoms with Gasteiger partial charge in [0.2, 0.25) is 0 Å². The summed E-state index contributed by atoms with van der Waals surface area (Å²) in [4.78, 5) is 1.28. The van der Waals surface area contributed by atoms with Gasteiger partial charge in [-0.15, -0.1) is 0 Å². The van der Waals surface area contributed by atoms with E-state index in [1.807, 2.05) is 6.07 Å². The summed E-state index contributed by atoms with van der Waals surface area (Å²) in [5.74, 6) is 0. The fourth-order valence-corrected chi connectivity index (χ4v) is 2.20. The summed E-state index contributed by atoms with van der Waals surface area (Å²) in [5.41, 5.74) is 0.626. The van der Waals surface area contributed by atoms with Gasteiger partial charge in [-0.05, 0) is 31.0 Å². The second-order valence-electron chi connectivity index (χ2n) is 4.25. The van der Waals surface area contributed by atoms with Gasteiger partial charge in [-0.1, -0.05) is 15.9 Å². The molecule has 2 rings (SSSR count). The Hall–Kier alpha value is -1.22. The molecule has 1 aromatic rings. The summed E-state index contributed by atoms with van der Waals surface area (Å²) in [6, 6.07) is 6.61. The second kappa shape index (κ2) is 4.81. The zero-order valence-corrected chi connectivity index (χ0v) is 10.9. The number of nitrogens with zero attached hydrogens (tertiary/aromatic N) is 2. The average Bonchev–Trinajstić information content (AvgIpc) is 3.08. The summed E-state index contributed by atoms with van der Waals surface area (Å²) in [6.07, 6.45) is -2.77. The minimum Gasteiger partial charge on any atom is -0.358 e. The SMILES string of the molecule is N#Cc1cc(Br)ccc1N(CC(F)(F)F)C1CC1. The van der Waals surface area contributed by atoms with Crippen LogP contribution >= 0.6 is 15.9 Å². The fraction of sp³-hybridized carbons (Fsp3) is 0.417. The van der Waals surface area contributed by atoms with Crippen molar-refractivity contribution >= 4 is 21.6 Å². The molecule has 1 fully saturated rings. The van der Waals surface area contributed by atoms with Crippen LogP contribution in [0.5, 0.6) is 0 Å². The molecule has 0 spiro atoms. The van der Waals surface area contributed by atoms with Gasteiger partial charge in [0, 0.05) is 10.5 Å². The Balaban J connectivity index is 2.34. The van der Waals surface area contributed by atoms with Crippen molar-refractivity contribution in [3.05, 3.63) is 28.2 Å². The summed E-state index contributed by atoms with van der Waals surface area (Å²) in [6.45, 7) is -1.01. The zero-order valence-electron chi connectivity index (χ0n) is 9.34. The van der Waals surface area contributed by atoms with E-state index in [2.05, 4.69) is 15.9 Å². The molecule has 0 unspecified atom stereocenters. The third-order valence-corrected chi connectivity index (χ3v) is 3.22. The molecule has 0 heterocycles. The number of rotatable bonds is 3. The molecule has 0 radical (unpaired) electrons. The molecule has 1 aromatic carbocycles. The van der Waals surface area contributed by atoms with E-state index in [0.717, 1.165) is 12.8 Å². The van der Waals surface area contributed by atoms with Gasteiger partial charge >= 0.3 is 6.18 Å². The van der Waals surface area contributed by atoms with Crippen LogP contribution in [-0.2, 0) is 0 Å². The first-order valence-electron chi connectivity index (χ1n) is 5.44. The van der Waals surface area contributed by atoms with Gasteiger partial charge in [0.15, 0.2) is 0 Å². The highest BCUT2D eigenvalue weighted by Gasteiger charge is 2.38. The highest BCUT2D eigenvalue weighted by Crippen LogP contribution is 2.36.